The molecule has 7 nitrogen and oxygen atoms in total. The molecule has 0 amide bonds. The highest BCUT2D eigenvalue weighted by molar-refractivity contribution is 6.42. The van der Waals surface area contributed by atoms with Gasteiger partial charge in [-0.1, -0.05) is 271 Å². The molecular weight excluding hydrogens is 1460 g/mol. The minimum Gasteiger partial charge on any atom is -0.496 e. The van der Waals surface area contributed by atoms with Crippen molar-refractivity contribution in [2.75, 3.05) is 46.2 Å². The van der Waals surface area contributed by atoms with Crippen LogP contribution < -0.4 is 9.64 Å². The molecule has 0 spiro atoms. The Morgan fingerprint density at radius 1 is 0.432 bits per heavy atom. The molecule has 4 aromatic heterocycles. The molecule has 5 heterocycles. The lowest BCUT2D eigenvalue weighted by Crippen LogP contribution is -2.13. The third-order valence-corrected chi connectivity index (χ3v) is 21.3. The van der Waals surface area contributed by atoms with Gasteiger partial charge in [0.25, 0.3) is 0 Å². The molecular formula is C97H137Cl4F3N6O. The average Bonchev–Trinajstić information content (AvgIpc) is 1.73. The highest BCUT2D eigenvalue weighted by Crippen LogP contribution is 2.33. The molecule has 9 aromatic rings. The van der Waals surface area contributed by atoms with Crippen molar-refractivity contribution in [2.24, 2.45) is 53.3 Å². The number of likely N-dealkylation sites (tertiary alicyclic amines) is 1. The lowest BCUT2D eigenvalue weighted by Gasteiger charge is -2.17. The maximum Gasteiger partial charge on any atom is 0.159 e. The summed E-state index contributed by atoms with van der Waals surface area (Å²) in [5.74, 6) is 7.69. The standard InChI is InChI=1S/C12H17Cl.C12H17N.C11H14Cl2.C11H14F2.C11H18N2.C11H17N.C11H16O.C9H12ClN.C9H12FN/c1-8(2)10(4)11-5-6-12(13)9(3)7-11;1-10-8-13(2)9-12(10)11-6-4-3-5-7-11;2*1-7(2)8(3)9-4-5-10(12)11(13)6-9;1-9(2)7-10-5-6-12-8-11(10)13(3)4;1-8(2)10(4)11-6-5-9(3)12-7-11;1-9(2)8-10-6-4-5-7-11(10)12-3;2*1-7(2)6-9-8(10)4-3-5-11-9/h5-8,10H,1-4H3;3-7,10,12H,8-9H2,1-2H3;2*4-8H,1-3H3;5-6,8-9H,7H2,1-4H3;5-8,10H,1-4H3;4-7,9H,8H2,1-3H3;2*3-5,7H,6H2,1-2H3/t10-;10-,12-;8-;;;;;;/m010....../s1. The van der Waals surface area contributed by atoms with Crippen LogP contribution in [0.15, 0.2) is 183 Å². The summed E-state index contributed by atoms with van der Waals surface area (Å²) in [6, 6.07) is 48.5. The number of halogens is 7. The Bertz CT molecular complexity index is 3800. The van der Waals surface area contributed by atoms with Crippen molar-refractivity contribution in [3.63, 3.8) is 0 Å². The van der Waals surface area contributed by atoms with Crippen LogP contribution >= 0.6 is 46.4 Å². The van der Waals surface area contributed by atoms with Crippen LogP contribution in [-0.4, -0.2) is 66.2 Å². The summed E-state index contributed by atoms with van der Waals surface area (Å²) in [4.78, 5) is 21.1. The minimum atomic E-state index is -0.778. The van der Waals surface area contributed by atoms with Crippen molar-refractivity contribution in [1.82, 2.24) is 24.8 Å². The lowest BCUT2D eigenvalue weighted by molar-refractivity contribution is 0.401. The van der Waals surface area contributed by atoms with Crippen molar-refractivity contribution in [3.05, 3.63) is 282 Å². The fourth-order valence-corrected chi connectivity index (χ4v) is 12.4. The zero-order valence-corrected chi connectivity index (χ0v) is 75.4. The van der Waals surface area contributed by atoms with Gasteiger partial charge in [-0.3, -0.25) is 19.9 Å². The molecule has 14 heteroatoms. The van der Waals surface area contributed by atoms with Crippen LogP contribution in [-0.2, 0) is 25.7 Å². The Balaban J connectivity index is 0.000000424. The number of ether oxygens (including phenoxy) is 1. The van der Waals surface area contributed by atoms with Crippen molar-refractivity contribution in [3.8, 4) is 5.75 Å². The van der Waals surface area contributed by atoms with Gasteiger partial charge in [0.1, 0.15) is 11.6 Å². The van der Waals surface area contributed by atoms with Crippen molar-refractivity contribution in [1.29, 1.82) is 0 Å². The Morgan fingerprint density at radius 3 is 1.38 bits per heavy atom. The number of rotatable bonds is 19. The van der Waals surface area contributed by atoms with Gasteiger partial charge in [0.05, 0.1) is 45.4 Å². The summed E-state index contributed by atoms with van der Waals surface area (Å²) < 4.78 is 43.5. The number of benzene rings is 5. The first-order chi connectivity index (χ1) is 52.2. The number of nitrogens with zero attached hydrogens (tertiary/aromatic N) is 6. The fraction of sp³-hybridized carbons (Fsp3) is 0.485. The summed E-state index contributed by atoms with van der Waals surface area (Å²) in [6.45, 7) is 52.4. The van der Waals surface area contributed by atoms with Gasteiger partial charge in [-0.05, 0) is 241 Å². The number of pyridine rings is 4. The molecule has 0 aliphatic carbocycles. The Morgan fingerprint density at radius 2 is 0.910 bits per heavy atom. The molecule has 5 aromatic carbocycles. The molecule has 1 saturated heterocycles. The number of anilines is 1. The monoisotopic (exact) mass is 1600 g/mol. The number of aromatic nitrogens is 4. The topological polar surface area (TPSA) is 67.3 Å². The number of likely N-dealkylation sites (N-methyl/N-ethyl adjacent to an activating group) is 1. The number of methoxy groups -OCH3 is 1. The van der Waals surface area contributed by atoms with Crippen LogP contribution in [0.25, 0.3) is 0 Å². The number of hydrogen-bond acceptors (Lipinski definition) is 7. The maximum atomic E-state index is 12.9. The fourth-order valence-electron chi connectivity index (χ4n) is 11.8. The molecule has 1 aliphatic heterocycles. The normalized spacial score (nSPS) is 14.0. The molecule has 1 aliphatic rings. The SMILES string of the molecule is CC(C)C(C)c1ccc(F)c(F)c1.CC(C)Cc1ccncc1N(C)C.CC(C)Cc1ncccc1Cl.CC(C)Cc1ncccc1F.CC(C)[C@H](C)c1ccc(Cl)c(Cl)c1.COc1ccccc1CC(C)C.C[C@@H]1CN(C)C[C@H]1c1ccccc1.Cc1cc([C@@H](C)C(C)C)ccc1Cl.Cc1ccc(C(C)C(C)C)cn1. The smallest absolute Gasteiger partial charge is 0.159 e. The largest absolute Gasteiger partial charge is 0.496 e. The highest BCUT2D eigenvalue weighted by atomic mass is 35.5. The number of hydrogen-bond donors (Lipinski definition) is 0. The van der Waals surface area contributed by atoms with Gasteiger partial charge in [-0.15, -0.1) is 0 Å². The molecule has 2 unspecified atom stereocenters. The maximum absolute atomic E-state index is 12.9. The molecule has 1 fully saturated rings. The average molecular weight is 1600 g/mol. The Labute approximate surface area is 691 Å². The van der Waals surface area contributed by atoms with Gasteiger partial charge in [-0.25, -0.2) is 13.2 Å². The second-order valence-corrected chi connectivity index (χ2v) is 34.5. The summed E-state index contributed by atoms with van der Waals surface area (Å²) in [5, 5.41) is 2.91. The first kappa shape index (κ1) is 100. The molecule has 111 heavy (non-hydrogen) atoms. The quantitative estimate of drug-likeness (QED) is 0.0799. The second-order valence-electron chi connectivity index (χ2n) is 32.9. The molecule has 610 valence electrons. The van der Waals surface area contributed by atoms with E-state index in [1.54, 1.807) is 31.6 Å². The molecule has 0 radical (unpaired) electrons. The van der Waals surface area contributed by atoms with Gasteiger partial charge in [0.15, 0.2) is 11.6 Å². The van der Waals surface area contributed by atoms with E-state index in [-0.39, 0.29) is 11.7 Å². The molecule has 0 saturated carbocycles. The van der Waals surface area contributed by atoms with E-state index >= 15 is 0 Å². The summed E-state index contributed by atoms with van der Waals surface area (Å²) in [5.41, 5.74) is 14.1. The van der Waals surface area contributed by atoms with Gasteiger partial charge < -0.3 is 14.5 Å². The first-order valence-electron chi connectivity index (χ1n) is 39.9. The van der Waals surface area contributed by atoms with Crippen LogP contribution in [0.2, 0.25) is 20.1 Å². The van der Waals surface area contributed by atoms with Crippen LogP contribution in [0, 0.1) is 84.6 Å². The van der Waals surface area contributed by atoms with Crippen LogP contribution in [0.5, 0.6) is 5.75 Å². The summed E-state index contributed by atoms with van der Waals surface area (Å²) in [7, 11) is 8.04. The van der Waals surface area contributed by atoms with E-state index in [0.717, 1.165) is 63.8 Å². The third-order valence-electron chi connectivity index (χ3n) is 19.8. The lowest BCUT2D eigenvalue weighted by atomic mass is 9.90. The molecule has 0 N–H and O–H groups in total. The number of aryl methyl sites for hydroxylation is 2. The molecule has 6 atom stereocenters. The second kappa shape index (κ2) is 53.3. The minimum absolute atomic E-state index is 0.193. The molecule has 10 rings (SSSR count). The van der Waals surface area contributed by atoms with Gasteiger partial charge in [-0.2, -0.15) is 0 Å². The van der Waals surface area contributed by atoms with Gasteiger partial charge >= 0.3 is 0 Å². The van der Waals surface area contributed by atoms with E-state index in [4.69, 9.17) is 51.1 Å². The Hall–Kier alpha value is -6.79. The van der Waals surface area contributed by atoms with E-state index in [0.29, 0.717) is 87.3 Å². The van der Waals surface area contributed by atoms with Crippen molar-refractivity contribution in [2.45, 2.75) is 215 Å². The van der Waals surface area contributed by atoms with Crippen molar-refractivity contribution < 1.29 is 17.9 Å². The van der Waals surface area contributed by atoms with Crippen LogP contribution in [0.4, 0.5) is 18.9 Å². The summed E-state index contributed by atoms with van der Waals surface area (Å²) in [6.07, 6.45) is 13.1. The zero-order chi connectivity index (χ0) is 83.8. The zero-order valence-electron chi connectivity index (χ0n) is 72.4. The van der Waals surface area contributed by atoms with E-state index in [2.05, 4.69) is 255 Å². The molecule has 0 bridgehead atoms. The van der Waals surface area contributed by atoms with Crippen molar-refractivity contribution >= 4 is 52.1 Å². The number of para-hydroxylation sites is 1. The van der Waals surface area contributed by atoms with E-state index in [9.17, 15) is 13.2 Å². The summed E-state index contributed by atoms with van der Waals surface area (Å²) >= 11 is 23.6. The van der Waals surface area contributed by atoms with Crippen LogP contribution in [0.3, 0.4) is 0 Å². The Kier molecular flexibility index (Phi) is 48.2. The highest BCUT2D eigenvalue weighted by Gasteiger charge is 2.28. The van der Waals surface area contributed by atoms with Gasteiger partial charge in [0, 0.05) is 68.6 Å². The predicted octanol–water partition coefficient (Wildman–Crippen LogP) is 29.0. The third kappa shape index (κ3) is 39.2. The predicted molar refractivity (Wildman–Crippen MR) is 476 cm³/mol. The van der Waals surface area contributed by atoms with E-state index < -0.39 is 11.6 Å². The van der Waals surface area contributed by atoms with E-state index in [1.165, 1.54) is 75.9 Å². The van der Waals surface area contributed by atoms with E-state index in [1.807, 2.05) is 94.8 Å². The first-order valence-corrected chi connectivity index (χ1v) is 41.4. The van der Waals surface area contributed by atoms with Gasteiger partial charge in [0.2, 0.25) is 0 Å². The van der Waals surface area contributed by atoms with Crippen LogP contribution in [0.1, 0.15) is 237 Å².